The number of ether oxygens (including phenoxy) is 1. The number of benzene rings is 1. The van der Waals surface area contributed by atoms with Gasteiger partial charge >= 0.3 is 5.69 Å². The number of nitrogens with zero attached hydrogens (tertiary/aromatic N) is 2. The molecule has 0 aliphatic heterocycles. The fourth-order valence-corrected chi connectivity index (χ4v) is 1.70. The monoisotopic (exact) mass is 292 g/mol. The fraction of sp³-hybridized carbons (Fsp3) is 0.0769. The highest BCUT2D eigenvalue weighted by Crippen LogP contribution is 2.32. The molecule has 6 nitrogen and oxygen atoms in total. The van der Waals surface area contributed by atoms with Gasteiger partial charge in [-0.05, 0) is 19.1 Å². The second kappa shape index (κ2) is 5.66. The molecule has 1 heterocycles. The lowest BCUT2D eigenvalue weighted by molar-refractivity contribution is -0.385. The van der Waals surface area contributed by atoms with Crippen LogP contribution in [-0.2, 0) is 0 Å². The largest absolute Gasteiger partial charge is 0.448 e. The molecule has 0 bridgehead atoms. The molecular formula is C13H9ClN2O4. The third-order valence-electron chi connectivity index (χ3n) is 2.47. The number of hydrogen-bond donors (Lipinski definition) is 0. The molecule has 0 saturated heterocycles. The predicted octanol–water partition coefficient (Wildman–Crippen LogP) is 3.64. The molecule has 0 fully saturated rings. The number of hydrogen-bond acceptors (Lipinski definition) is 5. The van der Waals surface area contributed by atoms with Crippen LogP contribution >= 0.6 is 11.6 Å². The van der Waals surface area contributed by atoms with E-state index in [4.69, 9.17) is 16.3 Å². The van der Waals surface area contributed by atoms with Crippen LogP contribution in [0.15, 0.2) is 36.7 Å². The summed E-state index contributed by atoms with van der Waals surface area (Å²) in [6.45, 7) is 1.33. The van der Waals surface area contributed by atoms with Crippen molar-refractivity contribution in [3.8, 4) is 11.5 Å². The Morgan fingerprint density at radius 3 is 2.70 bits per heavy atom. The van der Waals surface area contributed by atoms with E-state index in [9.17, 15) is 14.9 Å². The molecule has 2 rings (SSSR count). The first-order chi connectivity index (χ1) is 9.47. The summed E-state index contributed by atoms with van der Waals surface area (Å²) in [6.07, 6.45) is 2.80. The fourth-order valence-electron chi connectivity index (χ4n) is 1.54. The van der Waals surface area contributed by atoms with Crippen molar-refractivity contribution in [2.75, 3.05) is 0 Å². The van der Waals surface area contributed by atoms with Gasteiger partial charge in [-0.3, -0.25) is 19.9 Å². The Balaban J connectivity index is 2.41. The summed E-state index contributed by atoms with van der Waals surface area (Å²) >= 11 is 5.76. The molecule has 0 radical (unpaired) electrons. The van der Waals surface area contributed by atoms with Gasteiger partial charge < -0.3 is 4.74 Å². The number of aromatic nitrogens is 1. The molecule has 0 atom stereocenters. The van der Waals surface area contributed by atoms with Crippen LogP contribution in [0.1, 0.15) is 17.3 Å². The van der Waals surface area contributed by atoms with Crippen LogP contribution in [0, 0.1) is 10.1 Å². The Hall–Kier alpha value is -2.47. The van der Waals surface area contributed by atoms with E-state index in [0.717, 1.165) is 0 Å². The Morgan fingerprint density at radius 1 is 1.35 bits per heavy atom. The normalized spacial score (nSPS) is 10.1. The summed E-state index contributed by atoms with van der Waals surface area (Å²) in [5.41, 5.74) is -0.0501. The first-order valence-electron chi connectivity index (χ1n) is 5.55. The Morgan fingerprint density at radius 2 is 2.10 bits per heavy atom. The van der Waals surface area contributed by atoms with Gasteiger partial charge in [0, 0.05) is 23.9 Å². The average molecular weight is 293 g/mol. The van der Waals surface area contributed by atoms with E-state index in [1.807, 2.05) is 0 Å². The summed E-state index contributed by atoms with van der Waals surface area (Å²) in [6, 6.07) is 5.49. The van der Waals surface area contributed by atoms with Crippen LogP contribution in [0.3, 0.4) is 0 Å². The van der Waals surface area contributed by atoms with E-state index in [2.05, 4.69) is 4.98 Å². The average Bonchev–Trinajstić information content (AvgIpc) is 2.38. The lowest BCUT2D eigenvalue weighted by Crippen LogP contribution is -1.98. The van der Waals surface area contributed by atoms with Gasteiger partial charge in [0.1, 0.15) is 5.75 Å². The van der Waals surface area contributed by atoms with Crippen molar-refractivity contribution in [2.45, 2.75) is 6.92 Å². The summed E-state index contributed by atoms with van der Waals surface area (Å²) in [4.78, 5) is 25.5. The highest BCUT2D eigenvalue weighted by Gasteiger charge is 2.18. The topological polar surface area (TPSA) is 82.3 Å². The number of nitro groups is 1. The Bertz CT molecular complexity index is 688. The van der Waals surface area contributed by atoms with E-state index in [0.29, 0.717) is 5.02 Å². The smallest absolute Gasteiger partial charge is 0.312 e. The van der Waals surface area contributed by atoms with E-state index >= 15 is 0 Å². The van der Waals surface area contributed by atoms with Crippen LogP contribution in [0.25, 0.3) is 0 Å². The summed E-state index contributed by atoms with van der Waals surface area (Å²) < 4.78 is 5.39. The minimum absolute atomic E-state index is 0.0177. The van der Waals surface area contributed by atoms with Crippen molar-refractivity contribution in [1.82, 2.24) is 4.98 Å². The molecule has 2 aromatic rings. The number of ketones is 1. The number of carbonyl (C=O) groups excluding carboxylic acids is 1. The van der Waals surface area contributed by atoms with E-state index in [1.54, 1.807) is 0 Å². The van der Waals surface area contributed by atoms with Crippen molar-refractivity contribution in [3.63, 3.8) is 0 Å². The lowest BCUT2D eigenvalue weighted by Gasteiger charge is -2.07. The minimum atomic E-state index is -0.611. The molecule has 0 aliphatic carbocycles. The predicted molar refractivity (Wildman–Crippen MR) is 72.4 cm³/mol. The molecular weight excluding hydrogens is 284 g/mol. The summed E-state index contributed by atoms with van der Waals surface area (Å²) in [5.74, 6) is 0.0318. The van der Waals surface area contributed by atoms with Gasteiger partial charge in [-0.2, -0.15) is 0 Å². The van der Waals surface area contributed by atoms with Crippen LogP contribution < -0.4 is 4.74 Å². The van der Waals surface area contributed by atoms with Gasteiger partial charge in [0.25, 0.3) is 0 Å². The molecule has 20 heavy (non-hydrogen) atoms. The maximum atomic E-state index is 11.2. The van der Waals surface area contributed by atoms with Crippen molar-refractivity contribution in [1.29, 1.82) is 0 Å². The molecule has 7 heteroatoms. The summed E-state index contributed by atoms with van der Waals surface area (Å²) in [5, 5.41) is 11.4. The Labute approximate surface area is 119 Å². The van der Waals surface area contributed by atoms with Crippen LogP contribution in [0.4, 0.5) is 5.69 Å². The Kier molecular flexibility index (Phi) is 3.95. The highest BCUT2D eigenvalue weighted by atomic mass is 35.5. The third-order valence-corrected chi connectivity index (χ3v) is 2.68. The maximum Gasteiger partial charge on any atom is 0.312 e. The molecule has 0 unspecified atom stereocenters. The van der Waals surface area contributed by atoms with Crippen LogP contribution in [0.2, 0.25) is 5.02 Å². The van der Waals surface area contributed by atoms with Crippen LogP contribution in [-0.4, -0.2) is 15.7 Å². The van der Waals surface area contributed by atoms with Crippen molar-refractivity contribution in [3.05, 3.63) is 57.4 Å². The first-order valence-corrected chi connectivity index (χ1v) is 5.93. The first kappa shape index (κ1) is 14.0. The number of carbonyl (C=O) groups is 1. The second-order valence-electron chi connectivity index (χ2n) is 3.94. The number of Topliss-reactive ketones (excluding diaryl/α,β-unsaturated/α-hetero) is 1. The summed E-state index contributed by atoms with van der Waals surface area (Å²) in [7, 11) is 0. The lowest BCUT2D eigenvalue weighted by atomic mass is 10.1. The van der Waals surface area contributed by atoms with Crippen molar-refractivity contribution in [2.24, 2.45) is 0 Å². The zero-order valence-corrected chi connectivity index (χ0v) is 11.1. The molecule has 1 aromatic carbocycles. The van der Waals surface area contributed by atoms with Gasteiger partial charge in [-0.1, -0.05) is 11.6 Å². The molecule has 0 saturated carbocycles. The van der Waals surface area contributed by atoms with Gasteiger partial charge in [-0.25, -0.2) is 0 Å². The number of rotatable bonds is 4. The van der Waals surface area contributed by atoms with Gasteiger partial charge in [0.15, 0.2) is 5.78 Å². The van der Waals surface area contributed by atoms with Gasteiger partial charge in [-0.15, -0.1) is 0 Å². The quantitative estimate of drug-likeness (QED) is 0.488. The van der Waals surface area contributed by atoms with Gasteiger partial charge in [0.05, 0.1) is 16.1 Å². The zero-order valence-electron chi connectivity index (χ0n) is 10.4. The van der Waals surface area contributed by atoms with E-state index < -0.39 is 4.92 Å². The molecule has 0 N–H and O–H groups in total. The van der Waals surface area contributed by atoms with Crippen molar-refractivity contribution < 1.29 is 14.5 Å². The van der Waals surface area contributed by atoms with E-state index in [-0.39, 0.29) is 28.5 Å². The number of pyridine rings is 1. The highest BCUT2D eigenvalue weighted by molar-refractivity contribution is 6.30. The van der Waals surface area contributed by atoms with E-state index in [1.165, 1.54) is 43.6 Å². The maximum absolute atomic E-state index is 11.2. The van der Waals surface area contributed by atoms with Crippen LogP contribution in [0.5, 0.6) is 11.5 Å². The number of nitro benzene ring substituents is 1. The molecule has 1 aromatic heterocycles. The molecule has 0 amide bonds. The molecule has 0 aliphatic rings. The van der Waals surface area contributed by atoms with Gasteiger partial charge in [0.2, 0.25) is 5.75 Å². The third kappa shape index (κ3) is 3.10. The van der Waals surface area contributed by atoms with Crippen molar-refractivity contribution >= 4 is 23.1 Å². The number of halogens is 1. The standard InChI is InChI=1S/C13H9ClN2O4/c1-8(17)9-2-3-13(12(4-9)16(18)19)20-11-5-10(14)6-15-7-11/h2-7H,1H3. The molecule has 102 valence electrons. The SMILES string of the molecule is CC(=O)c1ccc(Oc2cncc(Cl)c2)c([N+](=O)[O-])c1. The molecule has 0 spiro atoms. The minimum Gasteiger partial charge on any atom is -0.448 e. The second-order valence-corrected chi connectivity index (χ2v) is 4.37. The zero-order chi connectivity index (χ0) is 14.7.